The summed E-state index contributed by atoms with van der Waals surface area (Å²) in [7, 11) is 0. The predicted octanol–water partition coefficient (Wildman–Crippen LogP) is 3.05. The SMILES string of the molecule is Nc1nonc1-c1nc2ccccc2n1CC(=O)N/N=C/c1cc(Br)cc(Br)c1O. The van der Waals surface area contributed by atoms with Crippen molar-refractivity contribution in [3.05, 3.63) is 50.9 Å². The summed E-state index contributed by atoms with van der Waals surface area (Å²) in [5.74, 6) is 0.00987. The van der Waals surface area contributed by atoms with Gasteiger partial charge in [0.1, 0.15) is 12.3 Å². The molecule has 0 unspecified atom stereocenters. The number of hydrazone groups is 1. The van der Waals surface area contributed by atoms with E-state index in [4.69, 9.17) is 5.73 Å². The summed E-state index contributed by atoms with van der Waals surface area (Å²) in [4.78, 5) is 17.0. The van der Waals surface area contributed by atoms with Crippen molar-refractivity contribution in [1.82, 2.24) is 25.3 Å². The maximum Gasteiger partial charge on any atom is 0.260 e. The van der Waals surface area contributed by atoms with Crippen LogP contribution in [0.15, 0.2) is 55.1 Å². The zero-order valence-electron chi connectivity index (χ0n) is 15.1. The number of aromatic nitrogens is 4. The Bertz CT molecular complexity index is 1280. The van der Waals surface area contributed by atoms with Crippen molar-refractivity contribution < 1.29 is 14.5 Å². The number of carbonyl (C=O) groups is 1. The molecule has 0 spiro atoms. The number of anilines is 1. The molecule has 0 aliphatic rings. The van der Waals surface area contributed by atoms with E-state index in [0.717, 1.165) is 4.47 Å². The molecule has 0 atom stereocenters. The van der Waals surface area contributed by atoms with Crippen molar-refractivity contribution in [2.45, 2.75) is 6.54 Å². The number of nitrogens with two attached hydrogens (primary N) is 1. The number of hydrogen-bond donors (Lipinski definition) is 3. The minimum absolute atomic E-state index is 0.00750. The average Bonchev–Trinajstić information content (AvgIpc) is 3.29. The van der Waals surface area contributed by atoms with Gasteiger partial charge in [0.05, 0.1) is 21.7 Å². The van der Waals surface area contributed by atoms with Gasteiger partial charge < -0.3 is 15.4 Å². The molecule has 4 N–H and O–H groups in total. The quantitative estimate of drug-likeness (QED) is 0.263. The number of hydrogen-bond acceptors (Lipinski definition) is 8. The first-order chi connectivity index (χ1) is 14.4. The molecular weight excluding hydrogens is 522 g/mol. The van der Waals surface area contributed by atoms with Crippen LogP contribution in [0.5, 0.6) is 5.75 Å². The smallest absolute Gasteiger partial charge is 0.260 e. The van der Waals surface area contributed by atoms with E-state index < -0.39 is 5.91 Å². The zero-order valence-corrected chi connectivity index (χ0v) is 18.3. The van der Waals surface area contributed by atoms with Crippen LogP contribution in [0.2, 0.25) is 0 Å². The molecule has 0 aliphatic heterocycles. The maximum absolute atomic E-state index is 12.5. The number of nitrogen functional groups attached to an aromatic ring is 1. The monoisotopic (exact) mass is 533 g/mol. The highest BCUT2D eigenvalue weighted by Crippen LogP contribution is 2.30. The Balaban J connectivity index is 1.59. The van der Waals surface area contributed by atoms with Crippen molar-refractivity contribution in [3.63, 3.8) is 0 Å². The molecule has 30 heavy (non-hydrogen) atoms. The summed E-state index contributed by atoms with van der Waals surface area (Å²) in [6, 6.07) is 10.7. The van der Waals surface area contributed by atoms with Gasteiger partial charge in [-0.05, 0) is 50.5 Å². The summed E-state index contributed by atoms with van der Waals surface area (Å²) in [6.45, 7) is -0.104. The Morgan fingerprint density at radius 2 is 2.10 bits per heavy atom. The van der Waals surface area contributed by atoms with Crippen LogP contribution >= 0.6 is 31.9 Å². The van der Waals surface area contributed by atoms with Crippen LogP contribution < -0.4 is 11.2 Å². The molecule has 12 heteroatoms. The standard InChI is InChI=1S/C18H13Br2N7O3/c19-10-5-9(16(29)11(20)6-10)7-22-24-14(28)8-27-13-4-2-1-3-12(13)23-18(27)15-17(21)26-30-25-15/h1-7,29H,8H2,(H2,21,26)(H,24,28)/b22-7+. The fraction of sp³-hybridized carbons (Fsp3) is 0.0556. The number of nitrogens with one attached hydrogen (secondary N) is 1. The first-order valence-electron chi connectivity index (χ1n) is 8.47. The van der Waals surface area contributed by atoms with Gasteiger partial charge >= 0.3 is 0 Å². The summed E-state index contributed by atoms with van der Waals surface area (Å²) >= 11 is 6.58. The van der Waals surface area contributed by atoms with E-state index in [2.05, 4.69) is 62.3 Å². The van der Waals surface area contributed by atoms with E-state index in [1.807, 2.05) is 24.3 Å². The second-order valence-corrected chi connectivity index (χ2v) is 7.90. The van der Waals surface area contributed by atoms with E-state index in [0.29, 0.717) is 26.9 Å². The van der Waals surface area contributed by atoms with Crippen molar-refractivity contribution >= 4 is 60.8 Å². The van der Waals surface area contributed by atoms with Gasteiger partial charge in [0.15, 0.2) is 17.3 Å². The fourth-order valence-corrected chi connectivity index (χ4v) is 4.06. The van der Waals surface area contributed by atoms with Crippen molar-refractivity contribution in [2.24, 2.45) is 5.10 Å². The predicted molar refractivity (Wildman–Crippen MR) is 117 cm³/mol. The third kappa shape index (κ3) is 3.91. The highest BCUT2D eigenvalue weighted by atomic mass is 79.9. The van der Waals surface area contributed by atoms with Crippen molar-refractivity contribution in [1.29, 1.82) is 0 Å². The van der Waals surface area contributed by atoms with Crippen LogP contribution in [0.4, 0.5) is 5.82 Å². The van der Waals surface area contributed by atoms with Crippen LogP contribution in [0, 0.1) is 0 Å². The Morgan fingerprint density at radius 1 is 1.30 bits per heavy atom. The van der Waals surface area contributed by atoms with E-state index >= 15 is 0 Å². The highest BCUT2D eigenvalue weighted by molar-refractivity contribution is 9.11. The third-order valence-corrected chi connectivity index (χ3v) is 5.19. The zero-order chi connectivity index (χ0) is 21.3. The Kier molecular flexibility index (Phi) is 5.50. The van der Waals surface area contributed by atoms with Gasteiger partial charge in [-0.2, -0.15) is 5.10 Å². The number of rotatable bonds is 5. The third-order valence-electron chi connectivity index (χ3n) is 4.13. The lowest BCUT2D eigenvalue weighted by Gasteiger charge is -2.07. The highest BCUT2D eigenvalue weighted by Gasteiger charge is 2.20. The van der Waals surface area contributed by atoms with Crippen molar-refractivity contribution in [3.8, 4) is 17.3 Å². The molecule has 2 aromatic heterocycles. The van der Waals surface area contributed by atoms with Gasteiger partial charge in [0, 0.05) is 10.0 Å². The summed E-state index contributed by atoms with van der Waals surface area (Å²) in [5, 5.41) is 21.3. The molecule has 152 valence electrons. The van der Waals surface area contributed by atoms with Gasteiger partial charge in [-0.3, -0.25) is 4.79 Å². The number of imidazole rings is 1. The molecule has 0 fully saturated rings. The molecule has 2 aromatic carbocycles. The van der Waals surface area contributed by atoms with Crippen LogP contribution in [0.1, 0.15) is 5.56 Å². The number of phenols is 1. The van der Waals surface area contributed by atoms with E-state index in [9.17, 15) is 9.90 Å². The van der Waals surface area contributed by atoms with Crippen molar-refractivity contribution in [2.75, 3.05) is 5.73 Å². The molecular formula is C18H13Br2N7O3. The number of carbonyl (C=O) groups excluding carboxylic acids is 1. The van der Waals surface area contributed by atoms with Crippen LogP contribution in [0.25, 0.3) is 22.6 Å². The summed E-state index contributed by atoms with van der Waals surface area (Å²) < 4.78 is 7.55. The lowest BCUT2D eigenvalue weighted by atomic mass is 10.2. The molecule has 0 saturated heterocycles. The van der Waals surface area contributed by atoms with Crippen LogP contribution in [-0.2, 0) is 11.3 Å². The van der Waals surface area contributed by atoms with E-state index in [1.54, 1.807) is 16.7 Å². The molecule has 0 aliphatic carbocycles. The minimum Gasteiger partial charge on any atom is -0.506 e. The maximum atomic E-state index is 12.5. The Labute approximate surface area is 186 Å². The molecule has 10 nitrogen and oxygen atoms in total. The van der Waals surface area contributed by atoms with Gasteiger partial charge in [0.25, 0.3) is 5.91 Å². The topological polar surface area (TPSA) is 144 Å². The van der Waals surface area contributed by atoms with Gasteiger partial charge in [0.2, 0.25) is 0 Å². The van der Waals surface area contributed by atoms with E-state index in [1.165, 1.54) is 6.21 Å². The molecule has 0 radical (unpaired) electrons. The molecule has 2 heterocycles. The second kappa shape index (κ2) is 8.24. The number of halogens is 2. The summed E-state index contributed by atoms with van der Waals surface area (Å²) in [5.41, 5.74) is 10.3. The number of aromatic hydroxyl groups is 1. The number of phenolic OH excluding ortho intramolecular Hbond substituents is 1. The lowest BCUT2D eigenvalue weighted by Crippen LogP contribution is -2.23. The first-order valence-corrected chi connectivity index (χ1v) is 10.1. The number of amides is 1. The Hall–Kier alpha value is -3.25. The van der Waals surface area contributed by atoms with Gasteiger partial charge in [-0.1, -0.05) is 28.1 Å². The number of benzene rings is 2. The molecule has 4 rings (SSSR count). The lowest BCUT2D eigenvalue weighted by molar-refractivity contribution is -0.121. The second-order valence-electron chi connectivity index (χ2n) is 6.13. The number of fused-ring (bicyclic) bond motifs is 1. The average molecular weight is 535 g/mol. The first kappa shape index (κ1) is 20.0. The molecule has 4 aromatic rings. The largest absolute Gasteiger partial charge is 0.506 e. The Morgan fingerprint density at radius 3 is 2.87 bits per heavy atom. The molecule has 1 amide bonds. The minimum atomic E-state index is -0.417. The number of nitrogens with zero attached hydrogens (tertiary/aromatic N) is 5. The number of para-hydroxylation sites is 2. The molecule has 0 bridgehead atoms. The summed E-state index contributed by atoms with van der Waals surface area (Å²) in [6.07, 6.45) is 1.34. The van der Waals surface area contributed by atoms with Gasteiger partial charge in [-0.25, -0.2) is 15.0 Å². The van der Waals surface area contributed by atoms with E-state index in [-0.39, 0.29) is 23.8 Å². The van der Waals surface area contributed by atoms with Crippen LogP contribution in [-0.4, -0.2) is 37.1 Å². The fourth-order valence-electron chi connectivity index (χ4n) is 2.80. The van der Waals surface area contributed by atoms with Crippen LogP contribution in [0.3, 0.4) is 0 Å². The van der Waals surface area contributed by atoms with Gasteiger partial charge in [-0.15, -0.1) is 0 Å². The molecule has 0 saturated carbocycles. The normalized spacial score (nSPS) is 11.4.